The highest BCUT2D eigenvalue weighted by Gasteiger charge is 2.27. The standard InChI is InChI=1S/C19H17BrN2O3S/c1-9-2-4-12-15(6-9)26-19(16(12)17(21)23)22-18(24)14-8-10-7-11(20)3-5-13(10)25-14/h3,5,7-9H,2,4,6H2,1H3,(H2,21,23)(H,22,24). The number of thiophene rings is 1. The van der Waals surface area contributed by atoms with Crippen molar-refractivity contribution in [1.29, 1.82) is 0 Å². The molecule has 1 unspecified atom stereocenters. The second-order valence-corrected chi connectivity index (χ2v) is 8.69. The lowest BCUT2D eigenvalue weighted by atomic mass is 9.88. The van der Waals surface area contributed by atoms with E-state index in [1.165, 1.54) is 11.3 Å². The van der Waals surface area contributed by atoms with E-state index in [0.717, 1.165) is 39.6 Å². The van der Waals surface area contributed by atoms with Gasteiger partial charge in [0.15, 0.2) is 5.76 Å². The Kier molecular flexibility index (Phi) is 4.36. The molecule has 0 aliphatic heterocycles. The van der Waals surface area contributed by atoms with Gasteiger partial charge in [-0.2, -0.15) is 0 Å². The molecule has 3 aromatic rings. The van der Waals surface area contributed by atoms with E-state index >= 15 is 0 Å². The highest BCUT2D eigenvalue weighted by atomic mass is 79.9. The molecule has 1 aliphatic carbocycles. The van der Waals surface area contributed by atoms with Gasteiger partial charge in [0.2, 0.25) is 0 Å². The molecule has 5 nitrogen and oxygen atoms in total. The average molecular weight is 433 g/mol. The third kappa shape index (κ3) is 3.05. The molecule has 4 rings (SSSR count). The fourth-order valence-electron chi connectivity index (χ4n) is 3.39. The summed E-state index contributed by atoms with van der Waals surface area (Å²) in [6.45, 7) is 2.19. The Morgan fingerprint density at radius 3 is 2.92 bits per heavy atom. The van der Waals surface area contributed by atoms with Crippen LogP contribution in [0, 0.1) is 5.92 Å². The maximum atomic E-state index is 12.7. The minimum absolute atomic E-state index is 0.202. The van der Waals surface area contributed by atoms with Crippen LogP contribution in [0.15, 0.2) is 33.2 Å². The summed E-state index contributed by atoms with van der Waals surface area (Å²) in [7, 11) is 0. The lowest BCUT2D eigenvalue weighted by Crippen LogP contribution is -2.19. The number of amides is 2. The topological polar surface area (TPSA) is 85.3 Å². The fraction of sp³-hybridized carbons (Fsp3) is 0.263. The number of halogens is 1. The summed E-state index contributed by atoms with van der Waals surface area (Å²) < 4.78 is 6.54. The molecule has 3 N–H and O–H groups in total. The number of fused-ring (bicyclic) bond motifs is 2. The van der Waals surface area contributed by atoms with E-state index in [9.17, 15) is 9.59 Å². The van der Waals surface area contributed by atoms with Gasteiger partial charge in [-0.15, -0.1) is 11.3 Å². The van der Waals surface area contributed by atoms with E-state index in [1.54, 1.807) is 12.1 Å². The van der Waals surface area contributed by atoms with Crippen molar-refractivity contribution >= 4 is 55.1 Å². The van der Waals surface area contributed by atoms with E-state index in [2.05, 4.69) is 28.2 Å². The first kappa shape index (κ1) is 17.3. The van der Waals surface area contributed by atoms with Crippen LogP contribution in [0.1, 0.15) is 44.7 Å². The first-order valence-corrected chi connectivity index (χ1v) is 9.98. The van der Waals surface area contributed by atoms with E-state index in [1.807, 2.05) is 12.1 Å². The van der Waals surface area contributed by atoms with Gasteiger partial charge in [-0.25, -0.2) is 0 Å². The molecule has 2 heterocycles. The Labute approximate surface area is 162 Å². The molecule has 0 fully saturated rings. The fourth-order valence-corrected chi connectivity index (χ4v) is 5.18. The highest BCUT2D eigenvalue weighted by molar-refractivity contribution is 9.10. The summed E-state index contributed by atoms with van der Waals surface area (Å²) in [4.78, 5) is 25.8. The molecule has 134 valence electrons. The van der Waals surface area contributed by atoms with Gasteiger partial charge in [-0.1, -0.05) is 22.9 Å². The van der Waals surface area contributed by atoms with Crippen LogP contribution in [0.4, 0.5) is 5.00 Å². The SMILES string of the molecule is CC1CCc2c(sc(NC(=O)c3cc4cc(Br)ccc4o3)c2C(N)=O)C1. The summed E-state index contributed by atoms with van der Waals surface area (Å²) in [5.41, 5.74) is 7.67. The van der Waals surface area contributed by atoms with Crippen LogP contribution < -0.4 is 11.1 Å². The Hall–Kier alpha value is -2.12. The molecule has 0 spiro atoms. The monoisotopic (exact) mass is 432 g/mol. The number of hydrogen-bond acceptors (Lipinski definition) is 4. The third-order valence-electron chi connectivity index (χ3n) is 4.69. The van der Waals surface area contributed by atoms with Gasteiger partial charge in [-0.3, -0.25) is 9.59 Å². The molecule has 0 saturated heterocycles. The molecule has 0 saturated carbocycles. The van der Waals surface area contributed by atoms with Crippen molar-refractivity contribution in [3.63, 3.8) is 0 Å². The number of hydrogen-bond donors (Lipinski definition) is 2. The Balaban J connectivity index is 1.67. The molecule has 0 bridgehead atoms. The van der Waals surface area contributed by atoms with Crippen molar-refractivity contribution in [2.24, 2.45) is 11.7 Å². The van der Waals surface area contributed by atoms with Gasteiger partial charge in [0.1, 0.15) is 10.6 Å². The Morgan fingerprint density at radius 2 is 2.15 bits per heavy atom. The summed E-state index contributed by atoms with van der Waals surface area (Å²) in [6.07, 6.45) is 2.75. The maximum Gasteiger partial charge on any atom is 0.292 e. The number of carbonyl (C=O) groups excluding carboxylic acids is 2. The third-order valence-corrected chi connectivity index (χ3v) is 6.35. The largest absolute Gasteiger partial charge is 0.451 e. The van der Waals surface area contributed by atoms with Crippen molar-refractivity contribution < 1.29 is 14.0 Å². The van der Waals surface area contributed by atoms with Crippen molar-refractivity contribution in [2.75, 3.05) is 5.32 Å². The maximum absolute atomic E-state index is 12.7. The number of primary amides is 1. The van der Waals surface area contributed by atoms with Crippen molar-refractivity contribution in [1.82, 2.24) is 0 Å². The number of benzene rings is 1. The lowest BCUT2D eigenvalue weighted by Gasteiger charge is -2.18. The van der Waals surface area contributed by atoms with Crippen LogP contribution in [0.5, 0.6) is 0 Å². The van der Waals surface area contributed by atoms with Crippen molar-refractivity contribution in [3.8, 4) is 0 Å². The van der Waals surface area contributed by atoms with Crippen LogP contribution in [-0.4, -0.2) is 11.8 Å². The summed E-state index contributed by atoms with van der Waals surface area (Å²) in [5, 5.41) is 4.18. The van der Waals surface area contributed by atoms with Crippen LogP contribution in [0.25, 0.3) is 11.0 Å². The molecular formula is C19H17BrN2O3S. The quantitative estimate of drug-likeness (QED) is 0.626. The van der Waals surface area contributed by atoms with Crippen molar-refractivity contribution in [3.05, 3.63) is 50.5 Å². The number of furan rings is 1. The lowest BCUT2D eigenvalue weighted by molar-refractivity contribution is 0.0999. The number of carbonyl (C=O) groups is 2. The minimum Gasteiger partial charge on any atom is -0.451 e. The Bertz CT molecular complexity index is 1040. The zero-order valence-electron chi connectivity index (χ0n) is 14.1. The smallest absolute Gasteiger partial charge is 0.292 e. The van der Waals surface area contributed by atoms with Crippen molar-refractivity contribution in [2.45, 2.75) is 26.2 Å². The first-order chi connectivity index (χ1) is 12.4. The predicted molar refractivity (Wildman–Crippen MR) is 106 cm³/mol. The molecule has 7 heteroatoms. The van der Waals surface area contributed by atoms with E-state index in [0.29, 0.717) is 22.1 Å². The minimum atomic E-state index is -0.499. The van der Waals surface area contributed by atoms with Gasteiger partial charge >= 0.3 is 0 Å². The number of nitrogens with two attached hydrogens (primary N) is 1. The van der Waals surface area contributed by atoms with Gasteiger partial charge in [0, 0.05) is 14.7 Å². The molecule has 26 heavy (non-hydrogen) atoms. The zero-order valence-corrected chi connectivity index (χ0v) is 16.5. The summed E-state index contributed by atoms with van der Waals surface area (Å²) >= 11 is 4.85. The normalized spacial score (nSPS) is 16.5. The summed E-state index contributed by atoms with van der Waals surface area (Å²) in [6, 6.07) is 7.23. The number of anilines is 1. The predicted octanol–water partition coefficient (Wildman–Crippen LogP) is 4.73. The van der Waals surface area contributed by atoms with Crippen LogP contribution in [0.2, 0.25) is 0 Å². The average Bonchev–Trinajstić information content (AvgIpc) is 3.14. The molecule has 0 radical (unpaired) electrons. The number of rotatable bonds is 3. The van der Waals surface area contributed by atoms with Gasteiger partial charge in [0.05, 0.1) is 5.56 Å². The van der Waals surface area contributed by atoms with Gasteiger partial charge in [-0.05, 0) is 55.0 Å². The number of nitrogens with one attached hydrogen (secondary N) is 1. The zero-order chi connectivity index (χ0) is 18.4. The molecule has 2 aromatic heterocycles. The second-order valence-electron chi connectivity index (χ2n) is 6.67. The molecule has 1 atom stereocenters. The van der Waals surface area contributed by atoms with Gasteiger partial charge < -0.3 is 15.5 Å². The Morgan fingerprint density at radius 1 is 1.35 bits per heavy atom. The van der Waals surface area contributed by atoms with E-state index in [4.69, 9.17) is 10.2 Å². The second kappa shape index (κ2) is 6.55. The molecule has 1 aliphatic rings. The van der Waals surface area contributed by atoms with E-state index < -0.39 is 5.91 Å². The first-order valence-electron chi connectivity index (χ1n) is 8.37. The van der Waals surface area contributed by atoms with E-state index in [-0.39, 0.29) is 11.7 Å². The van der Waals surface area contributed by atoms with Crippen LogP contribution in [0.3, 0.4) is 0 Å². The van der Waals surface area contributed by atoms with Gasteiger partial charge in [0.25, 0.3) is 11.8 Å². The summed E-state index contributed by atoms with van der Waals surface area (Å²) in [5.74, 6) is -0.111. The highest BCUT2D eigenvalue weighted by Crippen LogP contribution is 2.39. The van der Waals surface area contributed by atoms with Crippen LogP contribution >= 0.6 is 27.3 Å². The molecular weight excluding hydrogens is 416 g/mol. The van der Waals surface area contributed by atoms with Crippen LogP contribution in [-0.2, 0) is 12.8 Å². The molecule has 2 amide bonds. The molecule has 1 aromatic carbocycles.